The Morgan fingerprint density at radius 3 is 2.47 bits per heavy atom. The number of nitrogens with zero attached hydrogens (tertiary/aromatic N) is 1. The van der Waals surface area contributed by atoms with E-state index in [1.54, 1.807) is 18.9 Å². The Labute approximate surface area is 188 Å². The van der Waals surface area contributed by atoms with Crippen LogP contribution in [0, 0.1) is 0 Å². The van der Waals surface area contributed by atoms with Crippen LogP contribution in [0.5, 0.6) is 5.75 Å². The molecule has 0 bridgehead atoms. The first kappa shape index (κ1) is 24.1. The molecule has 162 valence electrons. The molecule has 2 aromatic carbocycles. The fourth-order valence-electron chi connectivity index (χ4n) is 2.92. The lowest BCUT2D eigenvalue weighted by Gasteiger charge is -2.29. The van der Waals surface area contributed by atoms with Gasteiger partial charge in [0.1, 0.15) is 11.8 Å². The highest BCUT2D eigenvalue weighted by atomic mass is 35.5. The first-order chi connectivity index (χ1) is 14.3. The van der Waals surface area contributed by atoms with Crippen LogP contribution >= 0.6 is 23.4 Å². The average molecular weight is 449 g/mol. The van der Waals surface area contributed by atoms with Crippen molar-refractivity contribution in [3.63, 3.8) is 0 Å². The second-order valence-electron chi connectivity index (χ2n) is 7.34. The lowest BCUT2D eigenvalue weighted by atomic mass is 10.1. The van der Waals surface area contributed by atoms with Gasteiger partial charge in [0, 0.05) is 23.4 Å². The summed E-state index contributed by atoms with van der Waals surface area (Å²) in [5, 5.41) is 3.57. The van der Waals surface area contributed by atoms with Crippen molar-refractivity contribution in [2.75, 3.05) is 12.9 Å². The maximum atomic E-state index is 13.1. The molecule has 1 N–H and O–H groups in total. The molecular formula is C23H29ClN2O3S. The summed E-state index contributed by atoms with van der Waals surface area (Å²) in [6, 6.07) is 14.6. The maximum absolute atomic E-state index is 13.1. The average Bonchev–Trinajstić information content (AvgIpc) is 2.71. The van der Waals surface area contributed by atoms with Gasteiger partial charge in [-0.05, 0) is 56.2 Å². The zero-order valence-electron chi connectivity index (χ0n) is 17.9. The molecule has 7 heteroatoms. The summed E-state index contributed by atoms with van der Waals surface area (Å²) in [4.78, 5) is 27.3. The number of rotatable bonds is 10. The standard InChI is InChI=1S/C23H29ClN2O3S/c1-16(2)25-23(28)17(3)26(13-18-7-6-10-21(12-18)29-4)22(27)15-30-14-19-8-5-9-20(24)11-19/h5-12,16-17H,13-15H2,1-4H3,(H,25,28)/t17-/m0/s1. The molecule has 0 saturated carbocycles. The van der Waals surface area contributed by atoms with Gasteiger partial charge >= 0.3 is 0 Å². The molecule has 1 atom stereocenters. The molecule has 30 heavy (non-hydrogen) atoms. The van der Waals surface area contributed by atoms with Gasteiger partial charge in [-0.15, -0.1) is 11.8 Å². The van der Waals surface area contributed by atoms with Crippen molar-refractivity contribution in [2.45, 2.75) is 45.2 Å². The summed E-state index contributed by atoms with van der Waals surface area (Å²) < 4.78 is 5.28. The van der Waals surface area contributed by atoms with Crippen molar-refractivity contribution >= 4 is 35.2 Å². The highest BCUT2D eigenvalue weighted by molar-refractivity contribution is 7.99. The van der Waals surface area contributed by atoms with Crippen LogP contribution in [0.1, 0.15) is 31.9 Å². The number of ether oxygens (including phenoxy) is 1. The molecule has 0 aliphatic carbocycles. The Morgan fingerprint density at radius 2 is 1.80 bits per heavy atom. The number of thioether (sulfide) groups is 1. The van der Waals surface area contributed by atoms with Gasteiger partial charge in [0.2, 0.25) is 11.8 Å². The van der Waals surface area contributed by atoms with E-state index in [4.69, 9.17) is 16.3 Å². The first-order valence-electron chi connectivity index (χ1n) is 9.85. The zero-order valence-corrected chi connectivity index (χ0v) is 19.4. The number of amides is 2. The molecule has 0 spiro atoms. The van der Waals surface area contributed by atoms with Gasteiger partial charge in [-0.25, -0.2) is 0 Å². The predicted molar refractivity (Wildman–Crippen MR) is 124 cm³/mol. The molecule has 2 aromatic rings. The van der Waals surface area contributed by atoms with E-state index in [2.05, 4.69) is 5.32 Å². The van der Waals surface area contributed by atoms with Crippen molar-refractivity contribution in [3.05, 3.63) is 64.7 Å². The quantitative estimate of drug-likeness (QED) is 0.580. The molecule has 0 radical (unpaired) electrons. The Balaban J connectivity index is 2.10. The Morgan fingerprint density at radius 1 is 1.10 bits per heavy atom. The predicted octanol–water partition coefficient (Wildman–Crippen LogP) is 4.52. The van der Waals surface area contributed by atoms with Gasteiger partial charge < -0.3 is 15.0 Å². The van der Waals surface area contributed by atoms with Crippen molar-refractivity contribution in [1.82, 2.24) is 10.2 Å². The molecule has 0 saturated heterocycles. The number of nitrogens with one attached hydrogen (secondary N) is 1. The molecule has 0 aliphatic heterocycles. The molecule has 2 amide bonds. The topological polar surface area (TPSA) is 58.6 Å². The molecular weight excluding hydrogens is 420 g/mol. The molecule has 0 aromatic heterocycles. The van der Waals surface area contributed by atoms with Gasteiger partial charge in [0.05, 0.1) is 12.9 Å². The van der Waals surface area contributed by atoms with Gasteiger partial charge in [-0.2, -0.15) is 0 Å². The van der Waals surface area contributed by atoms with Crippen LogP contribution in [0.4, 0.5) is 0 Å². The summed E-state index contributed by atoms with van der Waals surface area (Å²) in [5.41, 5.74) is 1.97. The van der Waals surface area contributed by atoms with E-state index in [1.807, 2.05) is 62.4 Å². The van der Waals surface area contributed by atoms with Crippen molar-refractivity contribution < 1.29 is 14.3 Å². The summed E-state index contributed by atoms with van der Waals surface area (Å²) in [6.07, 6.45) is 0. The van der Waals surface area contributed by atoms with Gasteiger partial charge in [-0.3, -0.25) is 9.59 Å². The number of hydrogen-bond acceptors (Lipinski definition) is 4. The second kappa shape index (κ2) is 11.9. The van der Waals surface area contributed by atoms with Crippen molar-refractivity contribution in [2.24, 2.45) is 0 Å². The minimum atomic E-state index is -0.585. The van der Waals surface area contributed by atoms with Gasteiger partial charge in [0.25, 0.3) is 0 Å². The van der Waals surface area contributed by atoms with Crippen LogP contribution in [-0.4, -0.2) is 41.7 Å². The van der Waals surface area contributed by atoms with E-state index in [-0.39, 0.29) is 23.6 Å². The Kier molecular flexibility index (Phi) is 9.53. The summed E-state index contributed by atoms with van der Waals surface area (Å²) >= 11 is 7.54. The van der Waals surface area contributed by atoms with Crippen LogP contribution in [0.2, 0.25) is 5.02 Å². The zero-order chi connectivity index (χ0) is 22.1. The van der Waals surface area contributed by atoms with E-state index in [0.29, 0.717) is 17.3 Å². The van der Waals surface area contributed by atoms with Crippen LogP contribution < -0.4 is 10.1 Å². The fourth-order valence-corrected chi connectivity index (χ4v) is 3.99. The summed E-state index contributed by atoms with van der Waals surface area (Å²) in [6.45, 7) is 5.90. The lowest BCUT2D eigenvalue weighted by Crippen LogP contribution is -2.49. The first-order valence-corrected chi connectivity index (χ1v) is 11.4. The number of benzene rings is 2. The van der Waals surface area contributed by atoms with Crippen LogP contribution in [-0.2, 0) is 21.9 Å². The molecule has 0 unspecified atom stereocenters. The number of halogens is 1. The minimum Gasteiger partial charge on any atom is -0.497 e. The maximum Gasteiger partial charge on any atom is 0.242 e. The third kappa shape index (κ3) is 7.58. The Bertz CT molecular complexity index is 860. The summed E-state index contributed by atoms with van der Waals surface area (Å²) in [7, 11) is 1.60. The smallest absolute Gasteiger partial charge is 0.242 e. The van der Waals surface area contributed by atoms with E-state index in [9.17, 15) is 9.59 Å². The molecule has 0 heterocycles. The highest BCUT2D eigenvalue weighted by Gasteiger charge is 2.26. The normalized spacial score (nSPS) is 11.8. The van der Waals surface area contributed by atoms with Gasteiger partial charge in [0.15, 0.2) is 0 Å². The van der Waals surface area contributed by atoms with E-state index in [0.717, 1.165) is 16.9 Å². The molecule has 0 fully saturated rings. The van der Waals surface area contributed by atoms with Crippen LogP contribution in [0.25, 0.3) is 0 Å². The summed E-state index contributed by atoms with van der Waals surface area (Å²) in [5.74, 6) is 1.41. The second-order valence-corrected chi connectivity index (χ2v) is 8.76. The number of carbonyl (C=O) groups is 2. The minimum absolute atomic E-state index is 0.00549. The van der Waals surface area contributed by atoms with Crippen LogP contribution in [0.15, 0.2) is 48.5 Å². The molecule has 2 rings (SSSR count). The van der Waals surface area contributed by atoms with E-state index < -0.39 is 6.04 Å². The van der Waals surface area contributed by atoms with Crippen LogP contribution in [0.3, 0.4) is 0 Å². The SMILES string of the molecule is COc1cccc(CN(C(=O)CSCc2cccc(Cl)c2)[C@@H](C)C(=O)NC(C)C)c1. The fraction of sp³-hybridized carbons (Fsp3) is 0.391. The van der Waals surface area contributed by atoms with Crippen molar-refractivity contribution in [3.8, 4) is 5.75 Å². The monoisotopic (exact) mass is 448 g/mol. The molecule has 5 nitrogen and oxygen atoms in total. The van der Waals surface area contributed by atoms with E-state index in [1.165, 1.54) is 11.8 Å². The third-order valence-corrected chi connectivity index (χ3v) is 5.69. The highest BCUT2D eigenvalue weighted by Crippen LogP contribution is 2.20. The lowest BCUT2D eigenvalue weighted by molar-refractivity contribution is -0.138. The largest absolute Gasteiger partial charge is 0.497 e. The van der Waals surface area contributed by atoms with Gasteiger partial charge in [-0.1, -0.05) is 35.9 Å². The number of hydrogen-bond donors (Lipinski definition) is 1. The number of methoxy groups -OCH3 is 1. The third-order valence-electron chi connectivity index (χ3n) is 4.47. The number of carbonyl (C=O) groups excluding carboxylic acids is 2. The molecule has 0 aliphatic rings. The van der Waals surface area contributed by atoms with Crippen molar-refractivity contribution in [1.29, 1.82) is 0 Å². The van der Waals surface area contributed by atoms with E-state index >= 15 is 0 Å². The Hall–Kier alpha value is -2.18.